The number of rotatable bonds is 3. The number of Topliss-reactive ketones (excluding diaryl/α,β-unsaturated/α-hetero) is 1. The van der Waals surface area contributed by atoms with Crippen LogP contribution in [0.5, 0.6) is 0 Å². The Labute approximate surface area is 122 Å². The lowest BCUT2D eigenvalue weighted by Gasteiger charge is -2.28. The summed E-state index contributed by atoms with van der Waals surface area (Å²) in [6, 6.07) is 11.7. The fraction of sp³-hybridized carbons (Fsp3) is 0.400. The Bertz CT molecular complexity index is 688. The van der Waals surface area contributed by atoms with Gasteiger partial charge in [-0.3, -0.25) is 4.79 Å². The van der Waals surface area contributed by atoms with Crippen molar-refractivity contribution in [3.63, 3.8) is 0 Å². The number of carbonyl (C=O) groups excluding carboxylic acids is 1. The molecule has 3 rings (SSSR count). The molecule has 0 aliphatic heterocycles. The van der Waals surface area contributed by atoms with E-state index >= 15 is 0 Å². The Morgan fingerprint density at radius 3 is 2.81 bits per heavy atom. The van der Waals surface area contributed by atoms with Crippen LogP contribution in [0.1, 0.15) is 31.5 Å². The van der Waals surface area contributed by atoms with E-state index in [-0.39, 0.29) is 12.2 Å². The van der Waals surface area contributed by atoms with Crippen LogP contribution >= 0.6 is 0 Å². The lowest BCUT2D eigenvalue weighted by molar-refractivity contribution is -0.128. The van der Waals surface area contributed by atoms with Crippen LogP contribution < -0.4 is 0 Å². The second-order valence-corrected chi connectivity index (χ2v) is 5.34. The zero-order chi connectivity index (χ0) is 14.7. The van der Waals surface area contributed by atoms with Crippen molar-refractivity contribution in [3.8, 4) is 11.8 Å². The summed E-state index contributed by atoms with van der Waals surface area (Å²) in [6.45, 7) is 0. The van der Waals surface area contributed by atoms with Crippen molar-refractivity contribution < 1.29 is 4.79 Å². The number of nitrogens with zero attached hydrogens (tertiary/aromatic N) is 5. The Kier molecular flexibility index (Phi) is 3.48. The summed E-state index contributed by atoms with van der Waals surface area (Å²) in [5.74, 6) is 0.567. The largest absolute Gasteiger partial charge is 0.298 e. The van der Waals surface area contributed by atoms with Crippen LogP contribution in [0.25, 0.3) is 5.69 Å². The number of ketones is 1. The Hall–Kier alpha value is -2.55. The van der Waals surface area contributed by atoms with Crippen LogP contribution in [-0.2, 0) is 11.2 Å². The highest BCUT2D eigenvalue weighted by atomic mass is 16.1. The molecule has 0 saturated heterocycles. The highest BCUT2D eigenvalue weighted by Crippen LogP contribution is 2.35. The van der Waals surface area contributed by atoms with E-state index in [0.717, 1.165) is 18.5 Å². The van der Waals surface area contributed by atoms with E-state index in [1.807, 2.05) is 30.3 Å². The molecule has 6 heteroatoms. The monoisotopic (exact) mass is 281 g/mol. The number of tetrazole rings is 1. The van der Waals surface area contributed by atoms with Crippen molar-refractivity contribution >= 4 is 5.78 Å². The van der Waals surface area contributed by atoms with Gasteiger partial charge in [0.2, 0.25) is 0 Å². The summed E-state index contributed by atoms with van der Waals surface area (Å²) in [5.41, 5.74) is -0.145. The van der Waals surface area contributed by atoms with Crippen LogP contribution in [0.4, 0.5) is 0 Å². The molecule has 0 spiro atoms. The molecule has 0 N–H and O–H groups in total. The molecule has 1 aromatic carbocycles. The summed E-state index contributed by atoms with van der Waals surface area (Å²) in [6.07, 6.45) is 3.09. The third-order valence-corrected chi connectivity index (χ3v) is 4.00. The molecule has 21 heavy (non-hydrogen) atoms. The van der Waals surface area contributed by atoms with Crippen LogP contribution in [0.2, 0.25) is 0 Å². The van der Waals surface area contributed by atoms with E-state index in [1.54, 1.807) is 4.68 Å². The average Bonchev–Trinajstić information content (AvgIpc) is 2.98. The van der Waals surface area contributed by atoms with E-state index in [2.05, 4.69) is 21.6 Å². The van der Waals surface area contributed by atoms with Crippen LogP contribution in [-0.4, -0.2) is 26.0 Å². The molecule has 6 nitrogen and oxygen atoms in total. The van der Waals surface area contributed by atoms with Gasteiger partial charge in [0.1, 0.15) is 5.41 Å². The van der Waals surface area contributed by atoms with Crippen LogP contribution in [0, 0.1) is 16.7 Å². The second kappa shape index (κ2) is 5.44. The first-order valence-corrected chi connectivity index (χ1v) is 7.02. The van der Waals surface area contributed by atoms with Gasteiger partial charge in [0, 0.05) is 12.8 Å². The highest BCUT2D eigenvalue weighted by molar-refractivity contribution is 5.88. The van der Waals surface area contributed by atoms with Crippen molar-refractivity contribution in [2.75, 3.05) is 0 Å². The van der Waals surface area contributed by atoms with Gasteiger partial charge >= 0.3 is 0 Å². The van der Waals surface area contributed by atoms with Gasteiger partial charge in [-0.25, -0.2) is 0 Å². The summed E-state index contributed by atoms with van der Waals surface area (Å²) in [4.78, 5) is 12.2. The topological polar surface area (TPSA) is 84.5 Å². The van der Waals surface area contributed by atoms with Gasteiger partial charge in [-0.15, -0.1) is 5.10 Å². The molecule has 0 amide bonds. The fourth-order valence-corrected chi connectivity index (χ4v) is 2.79. The fourth-order valence-electron chi connectivity index (χ4n) is 2.79. The predicted molar refractivity (Wildman–Crippen MR) is 74.4 cm³/mol. The van der Waals surface area contributed by atoms with Crippen molar-refractivity contribution in [3.05, 3.63) is 36.2 Å². The Morgan fingerprint density at radius 1 is 1.29 bits per heavy atom. The zero-order valence-corrected chi connectivity index (χ0v) is 11.6. The average molecular weight is 281 g/mol. The summed E-state index contributed by atoms with van der Waals surface area (Å²) >= 11 is 0. The number of hydrogen-bond acceptors (Lipinski definition) is 5. The lowest BCUT2D eigenvalue weighted by atomic mass is 9.72. The standard InChI is InChI=1S/C15H15N5O/c16-11-15(9-5-4-8-13(15)21)10-14-17-18-19-20(14)12-6-2-1-3-7-12/h1-3,6-7H,4-5,8-10H2. The highest BCUT2D eigenvalue weighted by Gasteiger charge is 2.41. The molecule has 2 aromatic rings. The third-order valence-electron chi connectivity index (χ3n) is 4.00. The van der Waals surface area contributed by atoms with Gasteiger partial charge in [0.05, 0.1) is 11.8 Å². The van der Waals surface area contributed by atoms with E-state index in [0.29, 0.717) is 18.7 Å². The van der Waals surface area contributed by atoms with Crippen LogP contribution in [0.3, 0.4) is 0 Å². The maximum atomic E-state index is 12.2. The van der Waals surface area contributed by atoms with E-state index in [9.17, 15) is 10.1 Å². The zero-order valence-electron chi connectivity index (χ0n) is 11.6. The SMILES string of the molecule is N#CC1(Cc2nnnn2-c2ccccc2)CCCCC1=O. The molecule has 1 atom stereocenters. The minimum Gasteiger partial charge on any atom is -0.298 e. The van der Waals surface area contributed by atoms with Gasteiger partial charge in [-0.05, 0) is 35.4 Å². The minimum atomic E-state index is -0.973. The molecular weight excluding hydrogens is 266 g/mol. The predicted octanol–water partition coefficient (Wildman–Crippen LogP) is 1.86. The number of aromatic nitrogens is 4. The first-order chi connectivity index (χ1) is 10.2. The number of nitriles is 1. The number of benzene rings is 1. The van der Waals surface area contributed by atoms with Crippen LogP contribution in [0.15, 0.2) is 30.3 Å². The minimum absolute atomic E-state index is 0.0128. The molecule has 1 aliphatic rings. The lowest BCUT2D eigenvalue weighted by Crippen LogP contribution is -2.35. The van der Waals surface area contributed by atoms with Gasteiger partial charge in [0.25, 0.3) is 0 Å². The number of para-hydroxylation sites is 1. The van der Waals surface area contributed by atoms with Gasteiger partial charge < -0.3 is 0 Å². The first kappa shape index (κ1) is 13.4. The van der Waals surface area contributed by atoms with Crippen molar-refractivity contribution in [1.29, 1.82) is 5.26 Å². The smallest absolute Gasteiger partial charge is 0.158 e. The quantitative estimate of drug-likeness (QED) is 0.857. The second-order valence-electron chi connectivity index (χ2n) is 5.34. The summed E-state index contributed by atoms with van der Waals surface area (Å²) in [5, 5.41) is 21.2. The van der Waals surface area contributed by atoms with Crippen molar-refractivity contribution in [2.24, 2.45) is 5.41 Å². The molecule has 0 bridgehead atoms. The molecule has 1 unspecified atom stereocenters. The van der Waals surface area contributed by atoms with Gasteiger partial charge in [0.15, 0.2) is 11.6 Å². The third kappa shape index (κ3) is 2.42. The molecule has 0 radical (unpaired) electrons. The maximum Gasteiger partial charge on any atom is 0.158 e. The van der Waals surface area contributed by atoms with Crippen molar-refractivity contribution in [1.82, 2.24) is 20.2 Å². The molecule has 106 valence electrons. The number of hydrogen-bond donors (Lipinski definition) is 0. The molecule has 1 aromatic heterocycles. The molecular formula is C15H15N5O. The van der Waals surface area contributed by atoms with Crippen molar-refractivity contribution in [2.45, 2.75) is 32.1 Å². The van der Waals surface area contributed by atoms with Gasteiger partial charge in [-0.2, -0.15) is 9.94 Å². The van der Waals surface area contributed by atoms with E-state index < -0.39 is 5.41 Å². The summed E-state index contributed by atoms with van der Waals surface area (Å²) < 4.78 is 1.60. The Balaban J connectivity index is 1.94. The van der Waals surface area contributed by atoms with Gasteiger partial charge in [-0.1, -0.05) is 24.6 Å². The molecule has 1 heterocycles. The normalized spacial score (nSPS) is 22.0. The maximum absolute atomic E-state index is 12.2. The Morgan fingerprint density at radius 2 is 2.10 bits per heavy atom. The molecule has 1 aliphatic carbocycles. The first-order valence-electron chi connectivity index (χ1n) is 7.02. The molecule has 1 fully saturated rings. The van der Waals surface area contributed by atoms with E-state index in [4.69, 9.17) is 0 Å². The van der Waals surface area contributed by atoms with E-state index in [1.165, 1.54) is 0 Å². The number of carbonyl (C=O) groups is 1. The summed E-state index contributed by atoms with van der Waals surface area (Å²) in [7, 11) is 0. The molecule has 1 saturated carbocycles.